The van der Waals surface area contributed by atoms with Gasteiger partial charge in [-0.2, -0.15) is 4.98 Å². The first-order valence-electron chi connectivity index (χ1n) is 14.3. The lowest BCUT2D eigenvalue weighted by Crippen LogP contribution is -2.45. The van der Waals surface area contributed by atoms with E-state index in [1.54, 1.807) is 0 Å². The number of nitrogens with zero attached hydrogens (tertiary/aromatic N) is 4. The van der Waals surface area contributed by atoms with Crippen LogP contribution in [0.4, 0.5) is 5.82 Å². The van der Waals surface area contributed by atoms with E-state index in [0.717, 1.165) is 50.2 Å². The quantitative estimate of drug-likeness (QED) is 0.470. The third-order valence-electron chi connectivity index (χ3n) is 8.84. The maximum Gasteiger partial charge on any atom is 0.316 e. The zero-order valence-electron chi connectivity index (χ0n) is 22.3. The van der Waals surface area contributed by atoms with Gasteiger partial charge in [-0.3, -0.25) is 9.59 Å². The molecule has 1 N–H and O–H groups in total. The van der Waals surface area contributed by atoms with E-state index in [0.29, 0.717) is 36.9 Å². The van der Waals surface area contributed by atoms with Crippen LogP contribution in [0.5, 0.6) is 5.75 Å². The van der Waals surface area contributed by atoms with Crippen LogP contribution in [0.3, 0.4) is 0 Å². The highest BCUT2D eigenvalue weighted by atomic mass is 16.5. The minimum absolute atomic E-state index is 0.0821. The summed E-state index contributed by atoms with van der Waals surface area (Å²) in [5.41, 5.74) is 1.87. The lowest BCUT2D eigenvalue weighted by Gasteiger charge is -2.36. The Morgan fingerprint density at radius 1 is 1.05 bits per heavy atom. The summed E-state index contributed by atoms with van der Waals surface area (Å²) in [5, 5.41) is 3.56. The van der Waals surface area contributed by atoms with E-state index in [2.05, 4.69) is 39.3 Å². The Hall–Kier alpha value is -3.81. The van der Waals surface area contributed by atoms with Crippen molar-refractivity contribution in [1.82, 2.24) is 19.0 Å². The van der Waals surface area contributed by atoms with Crippen molar-refractivity contribution in [1.29, 1.82) is 0 Å². The highest BCUT2D eigenvalue weighted by Crippen LogP contribution is 2.43. The van der Waals surface area contributed by atoms with Crippen LogP contribution in [0.25, 0.3) is 6.08 Å². The molecular weight excluding hydrogens is 490 g/mol. The smallest absolute Gasteiger partial charge is 0.316 e. The van der Waals surface area contributed by atoms with Gasteiger partial charge in [0, 0.05) is 44.4 Å². The minimum atomic E-state index is -0.447. The molecule has 7 rings (SSSR count). The average molecular weight is 526 g/mol. The fraction of sp³-hybridized carbons (Fsp3) is 0.452. The first-order valence-corrected chi connectivity index (χ1v) is 14.3. The lowest BCUT2D eigenvalue weighted by molar-refractivity contribution is 0.0679. The van der Waals surface area contributed by atoms with Crippen molar-refractivity contribution in [2.24, 2.45) is 5.92 Å². The van der Waals surface area contributed by atoms with Crippen LogP contribution < -0.4 is 15.6 Å². The molecule has 0 saturated heterocycles. The molecule has 1 amide bonds. The Morgan fingerprint density at radius 3 is 2.67 bits per heavy atom. The normalized spacial score (nSPS) is 19.5. The molecule has 2 aliphatic carbocycles. The number of nitrogens with one attached hydrogen (secondary N) is 1. The van der Waals surface area contributed by atoms with E-state index in [9.17, 15) is 9.59 Å². The lowest BCUT2D eigenvalue weighted by atomic mass is 9.91. The third kappa shape index (κ3) is 4.45. The van der Waals surface area contributed by atoms with Crippen LogP contribution in [0, 0.1) is 5.92 Å². The van der Waals surface area contributed by atoms with Crippen molar-refractivity contribution in [2.45, 2.75) is 63.6 Å². The topological polar surface area (TPSA) is 81.4 Å². The van der Waals surface area contributed by atoms with Crippen molar-refractivity contribution in [3.63, 3.8) is 0 Å². The van der Waals surface area contributed by atoms with Gasteiger partial charge in [-0.05, 0) is 43.2 Å². The van der Waals surface area contributed by atoms with E-state index in [1.165, 1.54) is 18.4 Å². The summed E-state index contributed by atoms with van der Waals surface area (Å²) in [4.78, 5) is 34.0. The molecule has 2 aliphatic heterocycles. The number of carbonyl (C=O) groups is 1. The number of hydrogen-bond acceptors (Lipinski definition) is 5. The van der Waals surface area contributed by atoms with Gasteiger partial charge < -0.3 is 24.1 Å². The molecule has 2 fully saturated rings. The van der Waals surface area contributed by atoms with Gasteiger partial charge in [0.25, 0.3) is 5.91 Å². The number of ether oxygens (including phenoxy) is 1. The summed E-state index contributed by atoms with van der Waals surface area (Å²) in [6.07, 6.45) is 13.7. The first kappa shape index (κ1) is 24.2. The fourth-order valence-electron chi connectivity index (χ4n) is 6.62. The molecule has 2 aromatic heterocycles. The Labute approximate surface area is 228 Å². The van der Waals surface area contributed by atoms with E-state index in [1.807, 2.05) is 39.8 Å². The second kappa shape index (κ2) is 9.74. The minimum Gasteiger partial charge on any atom is -0.481 e. The molecule has 8 nitrogen and oxygen atoms in total. The molecule has 0 atom stereocenters. The second-order valence-corrected chi connectivity index (χ2v) is 11.5. The largest absolute Gasteiger partial charge is 0.481 e. The van der Waals surface area contributed by atoms with E-state index >= 15 is 0 Å². The zero-order chi connectivity index (χ0) is 26.4. The molecule has 202 valence electrons. The molecule has 39 heavy (non-hydrogen) atoms. The number of anilines is 1. The van der Waals surface area contributed by atoms with Crippen LogP contribution in [0.2, 0.25) is 0 Å². The summed E-state index contributed by atoms with van der Waals surface area (Å²) in [6.45, 7) is 3.04. The molecule has 8 heteroatoms. The van der Waals surface area contributed by atoms with Crippen molar-refractivity contribution >= 4 is 17.8 Å². The Bertz CT molecular complexity index is 1480. The van der Waals surface area contributed by atoms with Crippen LogP contribution in [0.1, 0.15) is 66.0 Å². The maximum absolute atomic E-state index is 13.9. The number of carbonyl (C=O) groups excluding carboxylic acids is 1. The number of amides is 1. The highest BCUT2D eigenvalue weighted by molar-refractivity contribution is 5.96. The SMILES string of the molecule is O=C1c2c(OCc3ccccc3)c(=O)nc(CC3(n4ccc5c4NCC=C5)CCCC3)n2CCN1CC1CC1. The number of hydrogen-bond donors (Lipinski definition) is 1. The van der Waals surface area contributed by atoms with Gasteiger partial charge in [-0.15, -0.1) is 0 Å². The predicted octanol–water partition coefficient (Wildman–Crippen LogP) is 4.44. The molecule has 0 spiro atoms. The Kier molecular flexibility index (Phi) is 6.05. The number of benzene rings is 1. The molecule has 4 aliphatic rings. The summed E-state index contributed by atoms with van der Waals surface area (Å²) >= 11 is 0. The van der Waals surface area contributed by atoms with Crippen molar-refractivity contribution < 1.29 is 9.53 Å². The van der Waals surface area contributed by atoms with Gasteiger partial charge in [-0.25, -0.2) is 0 Å². The van der Waals surface area contributed by atoms with E-state index < -0.39 is 5.56 Å². The molecule has 1 aromatic carbocycles. The molecule has 0 bridgehead atoms. The standard InChI is InChI=1S/C31H35N5O3/c37-29-27(39-21-23-7-2-1-3-8-23)26-30(38)34(20-22-10-11-22)17-18-35(26)25(33-29)19-31(13-4-5-14-31)36-16-12-24-9-6-15-32-28(24)36/h1-3,6-9,12,16,22,32H,4-5,10-11,13-15,17-21H2. The Balaban J connectivity index is 1.28. The van der Waals surface area contributed by atoms with Crippen molar-refractivity contribution in [2.75, 3.05) is 25.0 Å². The van der Waals surface area contributed by atoms with Crippen molar-refractivity contribution in [3.05, 3.63) is 81.7 Å². The van der Waals surface area contributed by atoms with Crippen LogP contribution in [-0.2, 0) is 25.1 Å². The molecule has 2 saturated carbocycles. The van der Waals surface area contributed by atoms with Gasteiger partial charge in [0.15, 0.2) is 5.69 Å². The van der Waals surface area contributed by atoms with Crippen LogP contribution in [0.15, 0.2) is 53.5 Å². The molecule has 0 unspecified atom stereocenters. The number of aromatic nitrogens is 3. The van der Waals surface area contributed by atoms with Gasteiger partial charge in [-0.1, -0.05) is 55.3 Å². The fourth-order valence-corrected chi connectivity index (χ4v) is 6.62. The summed E-state index contributed by atoms with van der Waals surface area (Å²) in [7, 11) is 0. The van der Waals surface area contributed by atoms with Crippen molar-refractivity contribution in [3.8, 4) is 5.75 Å². The molecular formula is C31H35N5O3. The predicted molar refractivity (Wildman–Crippen MR) is 150 cm³/mol. The average Bonchev–Trinajstić information content (AvgIpc) is 3.46. The third-order valence-corrected chi connectivity index (χ3v) is 8.84. The summed E-state index contributed by atoms with van der Waals surface area (Å²) in [6, 6.07) is 11.9. The molecule has 0 radical (unpaired) electrons. The number of fused-ring (bicyclic) bond motifs is 2. The summed E-state index contributed by atoms with van der Waals surface area (Å²) < 4.78 is 10.5. The maximum atomic E-state index is 13.9. The Morgan fingerprint density at radius 2 is 1.87 bits per heavy atom. The summed E-state index contributed by atoms with van der Waals surface area (Å²) in [5.74, 6) is 2.37. The van der Waals surface area contributed by atoms with Gasteiger partial charge in [0.1, 0.15) is 18.2 Å². The van der Waals surface area contributed by atoms with Gasteiger partial charge in [0.05, 0.1) is 5.54 Å². The van der Waals surface area contributed by atoms with E-state index in [-0.39, 0.29) is 23.8 Å². The molecule has 4 heterocycles. The monoisotopic (exact) mass is 525 g/mol. The van der Waals surface area contributed by atoms with Crippen LogP contribution in [-0.4, -0.2) is 44.6 Å². The molecule has 3 aromatic rings. The second-order valence-electron chi connectivity index (χ2n) is 11.5. The van der Waals surface area contributed by atoms with Gasteiger partial charge >= 0.3 is 5.56 Å². The zero-order valence-corrected chi connectivity index (χ0v) is 22.3. The first-order chi connectivity index (χ1) is 19.1. The van der Waals surface area contributed by atoms with Gasteiger partial charge in [0.2, 0.25) is 5.75 Å². The number of rotatable bonds is 8. The van der Waals surface area contributed by atoms with E-state index in [4.69, 9.17) is 4.74 Å². The van der Waals surface area contributed by atoms with Crippen LogP contribution >= 0.6 is 0 Å². The highest BCUT2D eigenvalue weighted by Gasteiger charge is 2.41.